The molecule has 0 saturated carbocycles. The molecule has 2 heterocycles. The van der Waals surface area contributed by atoms with Gasteiger partial charge >= 0.3 is 0 Å². The second-order valence-corrected chi connectivity index (χ2v) is 8.51. The first-order chi connectivity index (χ1) is 16.1. The lowest BCUT2D eigenvalue weighted by atomic mass is 10.1. The molecule has 1 N–H and O–H groups in total. The van der Waals surface area contributed by atoms with Gasteiger partial charge in [-0.3, -0.25) is 24.3 Å². The zero-order valence-corrected chi connectivity index (χ0v) is 18.9. The summed E-state index contributed by atoms with van der Waals surface area (Å²) in [6.07, 6.45) is 7.82. The predicted molar refractivity (Wildman–Crippen MR) is 132 cm³/mol. The molecule has 0 saturated heterocycles. The SMILES string of the molecule is CSCCC(C(=O)Nc1cccc(/C=C/c2ccccn2)c1)N1C(=O)c2ccccc2C1=O. The smallest absolute Gasteiger partial charge is 0.262 e. The second-order valence-electron chi connectivity index (χ2n) is 7.53. The molecule has 0 fully saturated rings. The highest BCUT2D eigenvalue weighted by Gasteiger charge is 2.42. The lowest BCUT2D eigenvalue weighted by Crippen LogP contribution is -2.47. The number of carbonyl (C=O) groups excluding carboxylic acids is 3. The first kappa shape index (κ1) is 22.5. The monoisotopic (exact) mass is 457 g/mol. The fourth-order valence-electron chi connectivity index (χ4n) is 3.70. The molecule has 3 amide bonds. The lowest BCUT2D eigenvalue weighted by Gasteiger charge is -2.25. The molecule has 0 aliphatic carbocycles. The minimum Gasteiger partial charge on any atom is -0.324 e. The van der Waals surface area contributed by atoms with E-state index in [-0.39, 0.29) is 5.91 Å². The van der Waals surface area contributed by atoms with Gasteiger partial charge < -0.3 is 5.32 Å². The van der Waals surface area contributed by atoms with Gasteiger partial charge in [-0.25, -0.2) is 0 Å². The molecule has 33 heavy (non-hydrogen) atoms. The van der Waals surface area contributed by atoms with Crippen molar-refractivity contribution in [2.45, 2.75) is 12.5 Å². The Labute approximate surface area is 196 Å². The standard InChI is InChI=1S/C26H23N3O3S/c1-33-16-14-23(29-25(31)21-10-2-3-11-22(21)26(29)32)24(30)28-20-9-6-7-18(17-20)12-13-19-8-4-5-15-27-19/h2-13,15,17,23H,14,16H2,1H3,(H,28,30)/b13-12+. The third-order valence-corrected chi connectivity index (χ3v) is 5.97. The maximum absolute atomic E-state index is 13.2. The fourth-order valence-corrected chi connectivity index (χ4v) is 4.16. The predicted octanol–water partition coefficient (Wildman–Crippen LogP) is 4.61. The molecule has 3 aromatic rings. The molecule has 1 aliphatic heterocycles. The van der Waals surface area contributed by atoms with Gasteiger partial charge in [0.2, 0.25) is 5.91 Å². The van der Waals surface area contributed by atoms with E-state index >= 15 is 0 Å². The lowest BCUT2D eigenvalue weighted by molar-refractivity contribution is -0.120. The summed E-state index contributed by atoms with van der Waals surface area (Å²) < 4.78 is 0. The molecule has 1 aromatic heterocycles. The highest BCUT2D eigenvalue weighted by molar-refractivity contribution is 7.98. The van der Waals surface area contributed by atoms with Crippen molar-refractivity contribution in [3.05, 3.63) is 95.3 Å². The third kappa shape index (κ3) is 5.04. The van der Waals surface area contributed by atoms with Crippen LogP contribution in [-0.4, -0.2) is 45.7 Å². The number of nitrogens with zero attached hydrogens (tertiary/aromatic N) is 2. The van der Waals surface area contributed by atoms with Gasteiger partial charge in [-0.05, 0) is 66.5 Å². The van der Waals surface area contributed by atoms with Crippen LogP contribution in [0.15, 0.2) is 72.9 Å². The van der Waals surface area contributed by atoms with Crippen LogP contribution in [0.2, 0.25) is 0 Å². The molecule has 1 atom stereocenters. The Kier molecular flexibility index (Phi) is 7.00. The molecule has 4 rings (SSSR count). The van der Waals surface area contributed by atoms with Crippen LogP contribution in [0.5, 0.6) is 0 Å². The summed E-state index contributed by atoms with van der Waals surface area (Å²) in [5, 5.41) is 2.89. The molecule has 1 aliphatic rings. The van der Waals surface area contributed by atoms with E-state index in [1.165, 1.54) is 0 Å². The number of nitrogens with one attached hydrogen (secondary N) is 1. The third-order valence-electron chi connectivity index (χ3n) is 5.32. The average molecular weight is 458 g/mol. The van der Waals surface area contributed by atoms with Gasteiger partial charge in [0.1, 0.15) is 6.04 Å². The van der Waals surface area contributed by atoms with Crippen LogP contribution >= 0.6 is 11.8 Å². The van der Waals surface area contributed by atoms with Crippen LogP contribution in [0, 0.1) is 0 Å². The van der Waals surface area contributed by atoms with Gasteiger partial charge in [0, 0.05) is 11.9 Å². The summed E-state index contributed by atoms with van der Waals surface area (Å²) in [7, 11) is 0. The first-order valence-electron chi connectivity index (χ1n) is 10.5. The van der Waals surface area contributed by atoms with Gasteiger partial charge in [0.25, 0.3) is 11.8 Å². The van der Waals surface area contributed by atoms with Crippen molar-refractivity contribution in [3.63, 3.8) is 0 Å². The van der Waals surface area contributed by atoms with Gasteiger partial charge in [-0.1, -0.05) is 36.4 Å². The van der Waals surface area contributed by atoms with Crippen molar-refractivity contribution in [1.82, 2.24) is 9.88 Å². The highest BCUT2D eigenvalue weighted by Crippen LogP contribution is 2.27. The van der Waals surface area contributed by atoms with Crippen molar-refractivity contribution in [2.24, 2.45) is 0 Å². The van der Waals surface area contributed by atoms with E-state index in [9.17, 15) is 14.4 Å². The molecule has 7 heteroatoms. The van der Waals surface area contributed by atoms with Crippen LogP contribution in [0.25, 0.3) is 12.2 Å². The molecule has 0 bridgehead atoms. The maximum Gasteiger partial charge on any atom is 0.262 e. The normalized spacial score (nSPS) is 13.9. The van der Waals surface area contributed by atoms with E-state index in [1.54, 1.807) is 48.3 Å². The average Bonchev–Trinajstić information content (AvgIpc) is 3.09. The van der Waals surface area contributed by atoms with Crippen molar-refractivity contribution in [3.8, 4) is 0 Å². The summed E-state index contributed by atoms with van der Waals surface area (Å²) in [4.78, 5) is 44.5. The summed E-state index contributed by atoms with van der Waals surface area (Å²) in [6, 6.07) is 18.8. The van der Waals surface area contributed by atoms with Gasteiger partial charge in [-0.2, -0.15) is 11.8 Å². The Morgan fingerprint density at radius 2 is 1.73 bits per heavy atom. The summed E-state index contributed by atoms with van der Waals surface area (Å²) in [5.41, 5.74) is 2.99. The van der Waals surface area contributed by atoms with E-state index in [2.05, 4.69) is 10.3 Å². The number of imide groups is 1. The number of hydrogen-bond acceptors (Lipinski definition) is 5. The Morgan fingerprint density at radius 1 is 1.00 bits per heavy atom. The Balaban J connectivity index is 1.53. The van der Waals surface area contributed by atoms with E-state index in [4.69, 9.17) is 0 Å². The second kappa shape index (κ2) is 10.3. The zero-order valence-electron chi connectivity index (χ0n) is 18.1. The van der Waals surface area contributed by atoms with E-state index in [0.717, 1.165) is 16.2 Å². The number of carbonyl (C=O) groups is 3. The molecule has 0 spiro atoms. The number of anilines is 1. The van der Waals surface area contributed by atoms with Crippen LogP contribution in [0.3, 0.4) is 0 Å². The van der Waals surface area contributed by atoms with Crippen LogP contribution in [0.1, 0.15) is 38.4 Å². The van der Waals surface area contributed by atoms with Crippen molar-refractivity contribution >= 4 is 47.3 Å². The number of aromatic nitrogens is 1. The highest BCUT2D eigenvalue weighted by atomic mass is 32.2. The van der Waals surface area contributed by atoms with Gasteiger partial charge in [0.05, 0.1) is 16.8 Å². The Hall–Kier alpha value is -3.71. The van der Waals surface area contributed by atoms with Crippen molar-refractivity contribution < 1.29 is 14.4 Å². The van der Waals surface area contributed by atoms with Crippen molar-refractivity contribution in [2.75, 3.05) is 17.3 Å². The summed E-state index contributed by atoms with van der Waals surface area (Å²) in [6.45, 7) is 0. The molecule has 1 unspecified atom stereocenters. The maximum atomic E-state index is 13.2. The number of thioether (sulfide) groups is 1. The largest absolute Gasteiger partial charge is 0.324 e. The quantitative estimate of drug-likeness (QED) is 0.500. The molecule has 166 valence electrons. The van der Waals surface area contributed by atoms with Gasteiger partial charge in [-0.15, -0.1) is 0 Å². The van der Waals surface area contributed by atoms with Crippen LogP contribution in [-0.2, 0) is 4.79 Å². The summed E-state index contributed by atoms with van der Waals surface area (Å²) in [5.74, 6) is -0.601. The minimum absolute atomic E-state index is 0.339. The van der Waals surface area contributed by atoms with Crippen LogP contribution < -0.4 is 5.32 Å². The molecular formula is C26H23N3O3S. The number of pyridine rings is 1. The molecule has 0 radical (unpaired) electrons. The molecule has 6 nitrogen and oxygen atoms in total. The van der Waals surface area contributed by atoms with Crippen molar-refractivity contribution in [1.29, 1.82) is 0 Å². The van der Waals surface area contributed by atoms with Gasteiger partial charge in [0.15, 0.2) is 0 Å². The Bertz CT molecular complexity index is 1180. The van der Waals surface area contributed by atoms with E-state index < -0.39 is 17.9 Å². The number of fused-ring (bicyclic) bond motifs is 1. The number of amides is 3. The Morgan fingerprint density at radius 3 is 2.39 bits per heavy atom. The van der Waals surface area contributed by atoms with E-state index in [0.29, 0.717) is 29.0 Å². The molecule has 2 aromatic carbocycles. The minimum atomic E-state index is -0.891. The van der Waals surface area contributed by atoms with E-state index in [1.807, 2.05) is 54.8 Å². The first-order valence-corrected chi connectivity index (χ1v) is 11.9. The number of benzene rings is 2. The topological polar surface area (TPSA) is 79.4 Å². The number of rotatable bonds is 8. The molecular weight excluding hydrogens is 434 g/mol. The zero-order chi connectivity index (χ0) is 23.2. The fraction of sp³-hybridized carbons (Fsp3) is 0.154. The number of hydrogen-bond donors (Lipinski definition) is 1. The van der Waals surface area contributed by atoms with Crippen LogP contribution in [0.4, 0.5) is 5.69 Å². The summed E-state index contributed by atoms with van der Waals surface area (Å²) >= 11 is 1.56.